The Morgan fingerprint density at radius 3 is 2.58 bits per heavy atom. The smallest absolute Gasteiger partial charge is 0.251 e. The van der Waals surface area contributed by atoms with Crippen LogP contribution < -0.4 is 11.1 Å². The molecule has 0 heterocycles. The Morgan fingerprint density at radius 1 is 1.42 bits per heavy atom. The van der Waals surface area contributed by atoms with Gasteiger partial charge in [-0.2, -0.15) is 0 Å². The Kier molecular flexibility index (Phi) is 4.95. The number of amides is 1. The van der Waals surface area contributed by atoms with Gasteiger partial charge in [0, 0.05) is 23.9 Å². The summed E-state index contributed by atoms with van der Waals surface area (Å²) in [6, 6.07) is 5.22. The van der Waals surface area contributed by atoms with E-state index in [1.54, 1.807) is 12.1 Å². The monoisotopic (exact) mass is 264 g/mol. The molecule has 0 saturated heterocycles. The fraction of sp³-hybridized carbons (Fsp3) is 0.533. The summed E-state index contributed by atoms with van der Waals surface area (Å²) < 4.78 is 0. The summed E-state index contributed by atoms with van der Waals surface area (Å²) in [5.74, 6) is -0.141. The van der Waals surface area contributed by atoms with Gasteiger partial charge in [-0.05, 0) is 36.5 Å². The van der Waals surface area contributed by atoms with E-state index in [1.807, 2.05) is 33.8 Å². The van der Waals surface area contributed by atoms with Gasteiger partial charge in [0.05, 0.1) is 0 Å². The SMILES string of the molecule is Cc1ccc(N)cc1C(=O)NC(CCO)C(C)(C)C. The molecule has 106 valence electrons. The summed E-state index contributed by atoms with van der Waals surface area (Å²) in [6.07, 6.45) is 0.538. The minimum atomic E-state index is -0.141. The lowest BCUT2D eigenvalue weighted by Gasteiger charge is -2.31. The van der Waals surface area contributed by atoms with Crippen molar-refractivity contribution in [2.75, 3.05) is 12.3 Å². The maximum atomic E-state index is 12.3. The summed E-state index contributed by atoms with van der Waals surface area (Å²) in [6.45, 7) is 8.06. The largest absolute Gasteiger partial charge is 0.399 e. The lowest BCUT2D eigenvalue weighted by molar-refractivity contribution is 0.0884. The highest BCUT2D eigenvalue weighted by molar-refractivity contribution is 5.96. The first-order valence-corrected chi connectivity index (χ1v) is 6.53. The molecule has 1 aromatic rings. The van der Waals surface area contributed by atoms with Crippen LogP contribution in [0.1, 0.15) is 43.1 Å². The third kappa shape index (κ3) is 4.24. The Bertz CT molecular complexity index is 450. The molecule has 1 atom stereocenters. The van der Waals surface area contributed by atoms with E-state index < -0.39 is 0 Å². The summed E-state index contributed by atoms with van der Waals surface area (Å²) >= 11 is 0. The molecular formula is C15H24N2O2. The van der Waals surface area contributed by atoms with Crippen LogP contribution in [0.2, 0.25) is 0 Å². The summed E-state index contributed by atoms with van der Waals surface area (Å²) in [7, 11) is 0. The second-order valence-corrected chi connectivity index (χ2v) is 5.98. The highest BCUT2D eigenvalue weighted by atomic mass is 16.3. The van der Waals surface area contributed by atoms with Gasteiger partial charge in [-0.1, -0.05) is 26.8 Å². The van der Waals surface area contributed by atoms with E-state index in [9.17, 15) is 4.79 Å². The number of carbonyl (C=O) groups excluding carboxylic acids is 1. The molecule has 4 N–H and O–H groups in total. The quantitative estimate of drug-likeness (QED) is 0.729. The third-order valence-corrected chi connectivity index (χ3v) is 3.27. The zero-order valence-electron chi connectivity index (χ0n) is 12.2. The molecule has 0 saturated carbocycles. The molecule has 0 aliphatic carbocycles. The Labute approximate surface area is 115 Å². The van der Waals surface area contributed by atoms with E-state index in [0.29, 0.717) is 17.7 Å². The maximum Gasteiger partial charge on any atom is 0.251 e. The molecule has 0 aliphatic rings. The number of aliphatic hydroxyl groups excluding tert-OH is 1. The standard InChI is InChI=1S/C15H24N2O2/c1-10-5-6-11(16)9-12(10)14(19)17-13(7-8-18)15(2,3)4/h5-6,9,13,18H,7-8,16H2,1-4H3,(H,17,19). The molecule has 0 radical (unpaired) electrons. The van der Waals surface area contributed by atoms with Crippen LogP contribution in [0.15, 0.2) is 18.2 Å². The molecule has 1 amide bonds. The number of nitrogens with two attached hydrogens (primary N) is 1. The van der Waals surface area contributed by atoms with Crippen molar-refractivity contribution in [2.24, 2.45) is 5.41 Å². The Hall–Kier alpha value is -1.55. The molecule has 4 nitrogen and oxygen atoms in total. The van der Waals surface area contributed by atoms with E-state index in [1.165, 1.54) is 0 Å². The molecule has 0 aliphatic heterocycles. The van der Waals surface area contributed by atoms with Crippen LogP contribution in [-0.4, -0.2) is 23.7 Å². The van der Waals surface area contributed by atoms with Crippen LogP contribution in [0.5, 0.6) is 0 Å². The molecule has 0 aromatic heterocycles. The predicted molar refractivity (Wildman–Crippen MR) is 78.0 cm³/mol. The van der Waals surface area contributed by atoms with Gasteiger partial charge in [-0.15, -0.1) is 0 Å². The predicted octanol–water partition coefficient (Wildman–Crippen LogP) is 2.10. The fourth-order valence-corrected chi connectivity index (χ4v) is 1.97. The molecule has 0 spiro atoms. The van der Waals surface area contributed by atoms with Gasteiger partial charge in [-0.25, -0.2) is 0 Å². The zero-order valence-corrected chi connectivity index (χ0v) is 12.2. The zero-order chi connectivity index (χ0) is 14.6. The third-order valence-electron chi connectivity index (χ3n) is 3.27. The maximum absolute atomic E-state index is 12.3. The van der Waals surface area contributed by atoms with Crippen molar-refractivity contribution in [3.63, 3.8) is 0 Å². The molecule has 1 aromatic carbocycles. The molecule has 4 heteroatoms. The van der Waals surface area contributed by atoms with Crippen LogP contribution in [0, 0.1) is 12.3 Å². The second kappa shape index (κ2) is 6.06. The summed E-state index contributed by atoms with van der Waals surface area (Å²) in [5.41, 5.74) is 7.67. The number of nitrogens with one attached hydrogen (secondary N) is 1. The van der Waals surface area contributed by atoms with E-state index in [-0.39, 0.29) is 24.0 Å². The van der Waals surface area contributed by atoms with Gasteiger partial charge >= 0.3 is 0 Å². The van der Waals surface area contributed by atoms with Crippen molar-refractivity contribution in [3.05, 3.63) is 29.3 Å². The fourth-order valence-electron chi connectivity index (χ4n) is 1.97. The van der Waals surface area contributed by atoms with Crippen LogP contribution in [0.4, 0.5) is 5.69 Å². The molecule has 1 unspecified atom stereocenters. The molecule has 0 bridgehead atoms. The number of aryl methyl sites for hydroxylation is 1. The van der Waals surface area contributed by atoms with Gasteiger partial charge in [0.2, 0.25) is 0 Å². The van der Waals surface area contributed by atoms with Crippen molar-refractivity contribution in [3.8, 4) is 0 Å². The van der Waals surface area contributed by atoms with Crippen LogP contribution in [-0.2, 0) is 0 Å². The van der Waals surface area contributed by atoms with Crippen molar-refractivity contribution in [1.29, 1.82) is 0 Å². The van der Waals surface area contributed by atoms with Crippen molar-refractivity contribution in [2.45, 2.75) is 40.2 Å². The number of aliphatic hydroxyl groups is 1. The van der Waals surface area contributed by atoms with Gasteiger partial charge in [0.15, 0.2) is 0 Å². The Balaban J connectivity index is 2.91. The second-order valence-electron chi connectivity index (χ2n) is 5.98. The van der Waals surface area contributed by atoms with E-state index in [0.717, 1.165) is 5.56 Å². The van der Waals surface area contributed by atoms with E-state index >= 15 is 0 Å². The Morgan fingerprint density at radius 2 is 2.05 bits per heavy atom. The summed E-state index contributed by atoms with van der Waals surface area (Å²) in [4.78, 5) is 12.3. The van der Waals surface area contributed by atoms with E-state index in [4.69, 9.17) is 10.8 Å². The lowest BCUT2D eigenvalue weighted by atomic mass is 9.84. The topological polar surface area (TPSA) is 75.4 Å². The van der Waals surface area contributed by atoms with Crippen LogP contribution in [0.3, 0.4) is 0 Å². The van der Waals surface area contributed by atoms with E-state index in [2.05, 4.69) is 5.32 Å². The van der Waals surface area contributed by atoms with Crippen molar-refractivity contribution in [1.82, 2.24) is 5.32 Å². The first kappa shape index (κ1) is 15.5. The highest BCUT2D eigenvalue weighted by Crippen LogP contribution is 2.22. The number of carbonyl (C=O) groups is 1. The van der Waals surface area contributed by atoms with Gasteiger partial charge in [0.1, 0.15) is 0 Å². The number of hydrogen-bond acceptors (Lipinski definition) is 3. The summed E-state index contributed by atoms with van der Waals surface area (Å²) in [5, 5.41) is 12.1. The average molecular weight is 264 g/mol. The van der Waals surface area contributed by atoms with Gasteiger partial charge in [0.25, 0.3) is 5.91 Å². The number of nitrogen functional groups attached to an aromatic ring is 1. The number of rotatable bonds is 4. The first-order chi connectivity index (χ1) is 8.75. The molecule has 1 rings (SSSR count). The van der Waals surface area contributed by atoms with Crippen molar-refractivity contribution < 1.29 is 9.90 Å². The van der Waals surface area contributed by atoms with Crippen molar-refractivity contribution >= 4 is 11.6 Å². The molecule has 19 heavy (non-hydrogen) atoms. The number of hydrogen-bond donors (Lipinski definition) is 3. The number of benzene rings is 1. The van der Waals surface area contributed by atoms with Gasteiger partial charge in [-0.3, -0.25) is 4.79 Å². The van der Waals surface area contributed by atoms with Crippen LogP contribution >= 0.6 is 0 Å². The number of anilines is 1. The molecule has 0 fully saturated rings. The average Bonchev–Trinajstić information content (AvgIpc) is 2.30. The minimum Gasteiger partial charge on any atom is -0.399 e. The van der Waals surface area contributed by atoms with Crippen LogP contribution in [0.25, 0.3) is 0 Å². The minimum absolute atomic E-state index is 0.0537. The highest BCUT2D eigenvalue weighted by Gasteiger charge is 2.26. The lowest BCUT2D eigenvalue weighted by Crippen LogP contribution is -2.44. The first-order valence-electron chi connectivity index (χ1n) is 6.53. The molecular weight excluding hydrogens is 240 g/mol. The normalized spacial score (nSPS) is 13.1. The van der Waals surface area contributed by atoms with Gasteiger partial charge < -0.3 is 16.2 Å².